The molecule has 0 saturated heterocycles. The number of hydrogen-bond acceptors (Lipinski definition) is 7. The first-order valence-electron chi connectivity index (χ1n) is 10.0. The number of halogens is 6. The summed E-state index contributed by atoms with van der Waals surface area (Å²) < 4.78 is 76.3. The van der Waals surface area contributed by atoms with Gasteiger partial charge in [0.05, 0.1) is 37.2 Å². The first-order chi connectivity index (χ1) is 16.3. The minimum absolute atomic E-state index is 0.00671. The standard InChI is InChI=1S/C19H23F6N7O3/c20-18(21,22)4-3-16(33)28-9-11-1-2-12-13(7-11)31-15(30-12)10-29-17(34)14(8-26)32(27)5-6-35-19(23,24)25/h1-2,7-8H,3-6,9-10,26-27H2,(H,28,33)(H,29,34)(H,30,31)/b14-8-. The topological polar surface area (TPSA) is 151 Å². The summed E-state index contributed by atoms with van der Waals surface area (Å²) in [4.78, 5) is 31.0. The highest BCUT2D eigenvalue weighted by atomic mass is 19.4. The van der Waals surface area contributed by atoms with Gasteiger partial charge in [-0.25, -0.2) is 10.8 Å². The largest absolute Gasteiger partial charge is 0.522 e. The molecule has 2 aromatic rings. The van der Waals surface area contributed by atoms with Crippen LogP contribution in [0.4, 0.5) is 26.3 Å². The lowest BCUT2D eigenvalue weighted by Crippen LogP contribution is -2.41. The first kappa shape index (κ1) is 27.7. The van der Waals surface area contributed by atoms with Gasteiger partial charge in [0, 0.05) is 19.2 Å². The smallest absolute Gasteiger partial charge is 0.403 e. The van der Waals surface area contributed by atoms with Gasteiger partial charge in [-0.15, -0.1) is 13.2 Å². The zero-order valence-corrected chi connectivity index (χ0v) is 18.1. The third-order valence-electron chi connectivity index (χ3n) is 4.43. The molecule has 16 heteroatoms. The number of rotatable bonds is 11. The number of carbonyl (C=O) groups is 2. The van der Waals surface area contributed by atoms with Crippen LogP contribution in [0.5, 0.6) is 0 Å². The molecule has 2 rings (SSSR count). The molecule has 10 nitrogen and oxygen atoms in total. The van der Waals surface area contributed by atoms with Gasteiger partial charge in [0.15, 0.2) is 0 Å². The minimum Gasteiger partial charge on any atom is -0.403 e. The van der Waals surface area contributed by atoms with E-state index in [1.807, 2.05) is 0 Å². The number of amides is 2. The Kier molecular flexibility index (Phi) is 9.30. The molecule has 0 aliphatic rings. The summed E-state index contributed by atoms with van der Waals surface area (Å²) in [6.07, 6.45) is -10.3. The highest BCUT2D eigenvalue weighted by molar-refractivity contribution is 5.92. The maximum absolute atomic E-state index is 12.3. The van der Waals surface area contributed by atoms with E-state index in [0.717, 1.165) is 6.20 Å². The van der Waals surface area contributed by atoms with Crippen molar-refractivity contribution in [2.75, 3.05) is 13.2 Å². The van der Waals surface area contributed by atoms with E-state index in [9.17, 15) is 35.9 Å². The van der Waals surface area contributed by atoms with Crippen LogP contribution in [-0.2, 0) is 27.4 Å². The Morgan fingerprint density at radius 1 is 1.14 bits per heavy atom. The lowest BCUT2D eigenvalue weighted by atomic mass is 10.2. The molecule has 1 aromatic carbocycles. The molecule has 0 unspecified atom stereocenters. The zero-order valence-electron chi connectivity index (χ0n) is 18.1. The Balaban J connectivity index is 1.89. The summed E-state index contributed by atoms with van der Waals surface area (Å²) in [5, 5.41) is 5.57. The van der Waals surface area contributed by atoms with Crippen molar-refractivity contribution in [2.45, 2.75) is 38.5 Å². The monoisotopic (exact) mass is 511 g/mol. The number of alkyl halides is 6. The van der Waals surface area contributed by atoms with E-state index < -0.39 is 50.3 Å². The van der Waals surface area contributed by atoms with Gasteiger partial charge in [0.2, 0.25) is 5.91 Å². The molecule has 194 valence electrons. The number of benzene rings is 1. The molecular formula is C19H23F6N7O3. The molecular weight excluding hydrogens is 488 g/mol. The Labute approximate surface area is 194 Å². The summed E-state index contributed by atoms with van der Waals surface area (Å²) in [7, 11) is 0. The van der Waals surface area contributed by atoms with Gasteiger partial charge in [-0.1, -0.05) is 6.07 Å². The number of aromatic nitrogens is 2. The van der Waals surface area contributed by atoms with Crippen LogP contribution >= 0.6 is 0 Å². The quantitative estimate of drug-likeness (QED) is 0.133. The second kappa shape index (κ2) is 11.7. The van der Waals surface area contributed by atoms with Crippen LogP contribution in [-0.4, -0.2) is 52.5 Å². The number of aromatic amines is 1. The lowest BCUT2D eigenvalue weighted by Gasteiger charge is -2.21. The van der Waals surface area contributed by atoms with E-state index in [1.165, 1.54) is 0 Å². The Hall–Kier alpha value is -3.53. The average molecular weight is 511 g/mol. The van der Waals surface area contributed by atoms with Crippen LogP contribution in [0.1, 0.15) is 24.2 Å². The summed E-state index contributed by atoms with van der Waals surface area (Å²) in [6.45, 7) is -1.39. The molecule has 0 fully saturated rings. The molecule has 0 aliphatic carbocycles. The maximum Gasteiger partial charge on any atom is 0.522 e. The van der Waals surface area contributed by atoms with Gasteiger partial charge in [-0.3, -0.25) is 14.3 Å². The number of H-pyrrole nitrogens is 1. The van der Waals surface area contributed by atoms with Crippen molar-refractivity contribution in [3.8, 4) is 0 Å². The predicted octanol–water partition coefficient (Wildman–Crippen LogP) is 1.65. The van der Waals surface area contributed by atoms with Gasteiger partial charge in [-0.2, -0.15) is 13.2 Å². The van der Waals surface area contributed by atoms with Crippen LogP contribution in [0.15, 0.2) is 30.1 Å². The summed E-state index contributed by atoms with van der Waals surface area (Å²) in [5.41, 5.74) is 6.71. The lowest BCUT2D eigenvalue weighted by molar-refractivity contribution is -0.324. The fourth-order valence-corrected chi connectivity index (χ4v) is 2.78. The first-order valence-corrected chi connectivity index (χ1v) is 10.0. The second-order valence-corrected chi connectivity index (χ2v) is 7.15. The van der Waals surface area contributed by atoms with Crippen molar-refractivity contribution in [1.29, 1.82) is 0 Å². The zero-order chi connectivity index (χ0) is 26.2. The van der Waals surface area contributed by atoms with Crippen LogP contribution < -0.4 is 22.2 Å². The van der Waals surface area contributed by atoms with Crippen LogP contribution in [0.3, 0.4) is 0 Å². The molecule has 2 amide bonds. The number of carbonyl (C=O) groups excluding carboxylic acids is 2. The van der Waals surface area contributed by atoms with Gasteiger partial charge in [0.1, 0.15) is 11.5 Å². The molecule has 0 saturated carbocycles. The van der Waals surface area contributed by atoms with Crippen molar-refractivity contribution < 1.29 is 40.7 Å². The number of ether oxygens (including phenoxy) is 1. The predicted molar refractivity (Wildman–Crippen MR) is 110 cm³/mol. The minimum atomic E-state index is -4.84. The third-order valence-corrected chi connectivity index (χ3v) is 4.43. The van der Waals surface area contributed by atoms with E-state index in [2.05, 4.69) is 25.3 Å². The van der Waals surface area contributed by atoms with E-state index in [0.29, 0.717) is 27.4 Å². The summed E-state index contributed by atoms with van der Waals surface area (Å²) in [6, 6.07) is 4.87. The van der Waals surface area contributed by atoms with Gasteiger partial charge in [-0.05, 0) is 17.7 Å². The fourth-order valence-electron chi connectivity index (χ4n) is 2.78. The van der Waals surface area contributed by atoms with E-state index in [4.69, 9.17) is 11.6 Å². The van der Waals surface area contributed by atoms with Crippen molar-refractivity contribution >= 4 is 22.8 Å². The molecule has 1 heterocycles. The van der Waals surface area contributed by atoms with Crippen LogP contribution in [0.2, 0.25) is 0 Å². The molecule has 0 spiro atoms. The Bertz CT molecular complexity index is 1050. The van der Waals surface area contributed by atoms with Crippen LogP contribution in [0, 0.1) is 0 Å². The molecule has 0 radical (unpaired) electrons. The second-order valence-electron chi connectivity index (χ2n) is 7.15. The molecule has 35 heavy (non-hydrogen) atoms. The fraction of sp³-hybridized carbons (Fsp3) is 0.421. The Morgan fingerprint density at radius 3 is 2.49 bits per heavy atom. The van der Waals surface area contributed by atoms with E-state index in [1.54, 1.807) is 18.2 Å². The van der Waals surface area contributed by atoms with Gasteiger partial charge >= 0.3 is 12.5 Å². The summed E-state index contributed by atoms with van der Waals surface area (Å²) >= 11 is 0. The van der Waals surface area contributed by atoms with Crippen molar-refractivity contribution in [1.82, 2.24) is 25.6 Å². The third kappa shape index (κ3) is 9.70. The number of nitrogens with zero attached hydrogens (tertiary/aromatic N) is 2. The SMILES string of the molecule is N/C=C(/C(=O)NCc1nc2ccc(CNC(=O)CCC(F)(F)F)cc2[nH]1)N(N)CCOC(F)(F)F. The number of hydrogen-bond donors (Lipinski definition) is 5. The number of fused-ring (bicyclic) bond motifs is 1. The molecule has 0 atom stereocenters. The molecule has 7 N–H and O–H groups in total. The number of imidazole rings is 1. The normalized spacial score (nSPS) is 12.6. The van der Waals surface area contributed by atoms with Crippen molar-refractivity contribution in [3.05, 3.63) is 41.5 Å². The van der Waals surface area contributed by atoms with Crippen molar-refractivity contribution in [2.24, 2.45) is 11.6 Å². The van der Waals surface area contributed by atoms with Crippen molar-refractivity contribution in [3.63, 3.8) is 0 Å². The van der Waals surface area contributed by atoms with Gasteiger partial charge in [0.25, 0.3) is 5.91 Å². The molecule has 0 aliphatic heterocycles. The Morgan fingerprint density at radius 2 is 1.86 bits per heavy atom. The van der Waals surface area contributed by atoms with Gasteiger partial charge < -0.3 is 26.4 Å². The molecule has 0 bridgehead atoms. The molecule has 1 aromatic heterocycles. The number of nitrogens with one attached hydrogen (secondary N) is 3. The summed E-state index contributed by atoms with van der Waals surface area (Å²) in [5.74, 6) is 4.37. The number of hydrazine groups is 1. The van der Waals surface area contributed by atoms with E-state index in [-0.39, 0.29) is 18.8 Å². The van der Waals surface area contributed by atoms with Crippen LogP contribution in [0.25, 0.3) is 11.0 Å². The average Bonchev–Trinajstić information content (AvgIpc) is 3.16. The number of nitrogens with two attached hydrogens (primary N) is 2. The maximum atomic E-state index is 12.3. The highest BCUT2D eigenvalue weighted by Crippen LogP contribution is 2.21. The highest BCUT2D eigenvalue weighted by Gasteiger charge is 2.29. The van der Waals surface area contributed by atoms with E-state index >= 15 is 0 Å².